The van der Waals surface area contributed by atoms with Gasteiger partial charge in [-0.3, -0.25) is 4.21 Å². The van der Waals surface area contributed by atoms with Crippen molar-refractivity contribution in [2.45, 2.75) is 19.9 Å². The van der Waals surface area contributed by atoms with Gasteiger partial charge in [0.25, 0.3) is 0 Å². The number of hydrogen-bond donors (Lipinski definition) is 1. The van der Waals surface area contributed by atoms with E-state index in [1.165, 1.54) is 5.56 Å². The van der Waals surface area contributed by atoms with Gasteiger partial charge in [0.15, 0.2) is 0 Å². The molecule has 0 aliphatic heterocycles. The van der Waals surface area contributed by atoms with Crippen LogP contribution < -0.4 is 5.73 Å². The van der Waals surface area contributed by atoms with Crippen LogP contribution in [0.2, 0.25) is 0 Å². The molecule has 0 saturated carbocycles. The van der Waals surface area contributed by atoms with Crippen molar-refractivity contribution in [1.29, 1.82) is 0 Å². The summed E-state index contributed by atoms with van der Waals surface area (Å²) < 4.78 is 16.6. The highest BCUT2D eigenvalue weighted by Crippen LogP contribution is 2.18. The van der Waals surface area contributed by atoms with E-state index in [0.717, 1.165) is 11.1 Å². The molecule has 2 unspecified atom stereocenters. The fourth-order valence-corrected chi connectivity index (χ4v) is 2.81. The number of ether oxygens (including phenoxy) is 1. The lowest BCUT2D eigenvalue weighted by molar-refractivity contribution is 0.218. The molecule has 2 N–H and O–H groups in total. The summed E-state index contributed by atoms with van der Waals surface area (Å²) in [6.45, 7) is 4.59. The van der Waals surface area contributed by atoms with Crippen molar-refractivity contribution >= 4 is 10.8 Å². The van der Waals surface area contributed by atoms with Crippen molar-refractivity contribution < 1.29 is 8.95 Å². The van der Waals surface area contributed by atoms with Gasteiger partial charge in [-0.15, -0.1) is 0 Å². The first-order valence-corrected chi connectivity index (χ1v) is 7.20. The van der Waals surface area contributed by atoms with Gasteiger partial charge in [0, 0.05) is 35.5 Å². The first-order valence-electron chi connectivity index (χ1n) is 5.71. The van der Waals surface area contributed by atoms with E-state index < -0.39 is 10.8 Å². The van der Waals surface area contributed by atoms with Crippen molar-refractivity contribution in [3.05, 3.63) is 34.9 Å². The Morgan fingerprint density at radius 2 is 2.12 bits per heavy atom. The van der Waals surface area contributed by atoms with Gasteiger partial charge in [0.1, 0.15) is 0 Å². The summed E-state index contributed by atoms with van der Waals surface area (Å²) in [5.41, 5.74) is 9.54. The van der Waals surface area contributed by atoms with E-state index in [0.29, 0.717) is 18.1 Å². The Morgan fingerprint density at radius 1 is 1.41 bits per heavy atom. The smallest absolute Gasteiger partial charge is 0.0577 e. The van der Waals surface area contributed by atoms with Gasteiger partial charge in [-0.1, -0.05) is 23.8 Å². The molecule has 0 aliphatic rings. The van der Waals surface area contributed by atoms with Crippen LogP contribution in [0.15, 0.2) is 18.2 Å². The molecule has 0 radical (unpaired) electrons. The lowest BCUT2D eigenvalue weighted by Crippen LogP contribution is -2.21. The molecule has 1 rings (SSSR count). The van der Waals surface area contributed by atoms with Gasteiger partial charge in [-0.2, -0.15) is 0 Å². The van der Waals surface area contributed by atoms with Crippen LogP contribution in [0.1, 0.15) is 22.7 Å². The Bertz CT molecular complexity index is 393. The molecule has 0 heterocycles. The third kappa shape index (κ3) is 4.58. The zero-order chi connectivity index (χ0) is 12.8. The van der Waals surface area contributed by atoms with Crippen molar-refractivity contribution in [2.24, 2.45) is 5.73 Å². The van der Waals surface area contributed by atoms with E-state index in [4.69, 9.17) is 10.5 Å². The Kier molecular flexibility index (Phi) is 5.82. The molecule has 0 fully saturated rings. The summed E-state index contributed by atoms with van der Waals surface area (Å²) in [5, 5.41) is 0. The minimum Gasteiger partial charge on any atom is -0.384 e. The predicted octanol–water partition coefficient (Wildman–Crippen LogP) is 1.70. The predicted molar refractivity (Wildman–Crippen MR) is 72.6 cm³/mol. The largest absolute Gasteiger partial charge is 0.384 e. The minimum atomic E-state index is -0.915. The van der Waals surface area contributed by atoms with E-state index >= 15 is 0 Å². The van der Waals surface area contributed by atoms with Crippen LogP contribution >= 0.6 is 0 Å². The average molecular weight is 255 g/mol. The van der Waals surface area contributed by atoms with E-state index in [-0.39, 0.29) is 6.04 Å². The number of benzene rings is 1. The maximum atomic E-state index is 11.7. The summed E-state index contributed by atoms with van der Waals surface area (Å²) in [6, 6.07) is 6.04. The fraction of sp³-hybridized carbons (Fsp3) is 0.538. The second kappa shape index (κ2) is 6.89. The minimum absolute atomic E-state index is 0.160. The standard InChI is InChI=1S/C13H21NO2S/c1-10-4-5-11(2)12(8-10)13(14)9-17(15)7-6-16-3/h4-5,8,13H,6-7,9,14H2,1-3H3. The van der Waals surface area contributed by atoms with E-state index in [1.54, 1.807) is 7.11 Å². The molecule has 96 valence electrons. The summed E-state index contributed by atoms with van der Waals surface area (Å²) in [6.07, 6.45) is 0. The SMILES string of the molecule is COCCS(=O)CC(N)c1cc(C)ccc1C. The van der Waals surface area contributed by atoms with Gasteiger partial charge < -0.3 is 10.5 Å². The summed E-state index contributed by atoms with van der Waals surface area (Å²) in [4.78, 5) is 0. The van der Waals surface area contributed by atoms with Crippen LogP contribution in [-0.4, -0.2) is 29.4 Å². The number of aryl methyl sites for hydroxylation is 2. The molecular weight excluding hydrogens is 234 g/mol. The van der Waals surface area contributed by atoms with Gasteiger partial charge >= 0.3 is 0 Å². The van der Waals surface area contributed by atoms with Crippen LogP contribution in [-0.2, 0) is 15.5 Å². The number of hydrogen-bond acceptors (Lipinski definition) is 3. The van der Waals surface area contributed by atoms with Crippen molar-refractivity contribution in [2.75, 3.05) is 25.2 Å². The highest BCUT2D eigenvalue weighted by molar-refractivity contribution is 7.85. The molecule has 0 aliphatic carbocycles. The third-order valence-electron chi connectivity index (χ3n) is 2.71. The zero-order valence-corrected chi connectivity index (χ0v) is 11.5. The molecule has 0 aromatic heterocycles. The molecule has 4 heteroatoms. The van der Waals surface area contributed by atoms with E-state index in [9.17, 15) is 4.21 Å². The summed E-state index contributed by atoms with van der Waals surface area (Å²) in [5.74, 6) is 1.04. The van der Waals surface area contributed by atoms with Crippen LogP contribution in [0.5, 0.6) is 0 Å². The molecule has 1 aromatic rings. The van der Waals surface area contributed by atoms with Gasteiger partial charge in [-0.25, -0.2) is 0 Å². The molecule has 0 bridgehead atoms. The molecule has 17 heavy (non-hydrogen) atoms. The van der Waals surface area contributed by atoms with Crippen molar-refractivity contribution in [3.63, 3.8) is 0 Å². The molecule has 0 spiro atoms. The second-order valence-corrected chi connectivity index (χ2v) is 5.89. The highest BCUT2D eigenvalue weighted by Gasteiger charge is 2.12. The molecule has 3 nitrogen and oxygen atoms in total. The van der Waals surface area contributed by atoms with Crippen LogP contribution in [0, 0.1) is 13.8 Å². The summed E-state index contributed by atoms with van der Waals surface area (Å²) in [7, 11) is 0.698. The average Bonchev–Trinajstić information content (AvgIpc) is 2.29. The summed E-state index contributed by atoms with van der Waals surface area (Å²) >= 11 is 0. The van der Waals surface area contributed by atoms with Crippen molar-refractivity contribution in [3.8, 4) is 0 Å². The topological polar surface area (TPSA) is 52.3 Å². The maximum Gasteiger partial charge on any atom is 0.0577 e. The first kappa shape index (κ1) is 14.4. The quantitative estimate of drug-likeness (QED) is 0.841. The van der Waals surface area contributed by atoms with Gasteiger partial charge in [-0.05, 0) is 25.0 Å². The molecule has 2 atom stereocenters. The molecule has 1 aromatic carbocycles. The fourth-order valence-electron chi connectivity index (χ4n) is 1.71. The Labute approximate surface area is 106 Å². The normalized spacial score (nSPS) is 14.6. The van der Waals surface area contributed by atoms with E-state index in [2.05, 4.69) is 18.2 Å². The second-order valence-electron chi connectivity index (χ2n) is 4.27. The number of methoxy groups -OCH3 is 1. The molecule has 0 saturated heterocycles. The van der Waals surface area contributed by atoms with Crippen LogP contribution in [0.25, 0.3) is 0 Å². The van der Waals surface area contributed by atoms with Gasteiger partial charge in [0.2, 0.25) is 0 Å². The molecule has 0 amide bonds. The van der Waals surface area contributed by atoms with Gasteiger partial charge in [0.05, 0.1) is 6.61 Å². The number of rotatable bonds is 6. The highest BCUT2D eigenvalue weighted by atomic mass is 32.2. The third-order valence-corrected chi connectivity index (χ3v) is 4.07. The Morgan fingerprint density at radius 3 is 2.76 bits per heavy atom. The number of nitrogens with two attached hydrogens (primary N) is 1. The van der Waals surface area contributed by atoms with E-state index in [1.807, 2.05) is 13.8 Å². The van der Waals surface area contributed by atoms with Crippen LogP contribution in [0.4, 0.5) is 0 Å². The Balaban J connectivity index is 2.66. The zero-order valence-electron chi connectivity index (χ0n) is 10.7. The van der Waals surface area contributed by atoms with Crippen molar-refractivity contribution in [1.82, 2.24) is 0 Å². The Hall–Kier alpha value is -0.710. The first-order chi connectivity index (χ1) is 8.04. The van der Waals surface area contributed by atoms with Crippen LogP contribution in [0.3, 0.4) is 0 Å². The lowest BCUT2D eigenvalue weighted by Gasteiger charge is -2.15. The molecular formula is C13H21NO2S. The lowest BCUT2D eigenvalue weighted by atomic mass is 10.0. The maximum absolute atomic E-state index is 11.7. The monoisotopic (exact) mass is 255 g/mol.